The first-order valence-corrected chi connectivity index (χ1v) is 10.1. The molecule has 6 nitrogen and oxygen atoms in total. The summed E-state index contributed by atoms with van der Waals surface area (Å²) in [6, 6.07) is 25.6. The number of nitrogens with zero attached hydrogens (tertiary/aromatic N) is 1. The topological polar surface area (TPSA) is 81.4 Å². The maximum Gasteiger partial charge on any atom is 0.308 e. The summed E-state index contributed by atoms with van der Waals surface area (Å²) in [4.78, 5) is 28.5. The lowest BCUT2D eigenvalue weighted by Crippen LogP contribution is -2.12. The molecular formula is C26H18N2O4. The van der Waals surface area contributed by atoms with Gasteiger partial charge in [-0.15, -0.1) is 0 Å². The molecule has 0 bridgehead atoms. The Balaban J connectivity index is 1.47. The largest absolute Gasteiger partial charge is 0.435 e. The second-order valence-corrected chi connectivity index (χ2v) is 7.27. The van der Waals surface area contributed by atoms with Gasteiger partial charge in [0.25, 0.3) is 5.91 Å². The van der Waals surface area contributed by atoms with Crippen LogP contribution in [0.4, 0.5) is 5.69 Å². The van der Waals surface area contributed by atoms with Gasteiger partial charge in [-0.25, -0.2) is 4.98 Å². The van der Waals surface area contributed by atoms with Gasteiger partial charge >= 0.3 is 5.97 Å². The highest BCUT2D eigenvalue weighted by molar-refractivity contribution is 6.07. The molecule has 0 spiro atoms. The summed E-state index contributed by atoms with van der Waals surface area (Å²) < 4.78 is 11.1. The number of carbonyl (C=O) groups is 2. The summed E-state index contributed by atoms with van der Waals surface area (Å²) in [5.41, 5.74) is 3.15. The van der Waals surface area contributed by atoms with Crippen molar-refractivity contribution in [1.82, 2.24) is 4.98 Å². The summed E-state index contributed by atoms with van der Waals surface area (Å²) in [6.45, 7) is 1.33. The summed E-state index contributed by atoms with van der Waals surface area (Å²) in [5, 5.41) is 4.98. The van der Waals surface area contributed by atoms with Gasteiger partial charge in [0.15, 0.2) is 5.58 Å². The van der Waals surface area contributed by atoms with Crippen molar-refractivity contribution < 1.29 is 18.7 Å². The molecule has 0 aliphatic rings. The third-order valence-electron chi connectivity index (χ3n) is 5.06. The standard InChI is InChI=1S/C26H18N2O4/c1-16(29)31-19-13-10-18(11-14-19)25(30)27-22-9-5-4-8-21(22)26-28-23-15-12-17-6-2-3-7-20(17)24(23)32-26/h2-15H,1H3,(H,27,30). The third kappa shape index (κ3) is 3.70. The van der Waals surface area contributed by atoms with Crippen molar-refractivity contribution in [2.24, 2.45) is 0 Å². The third-order valence-corrected chi connectivity index (χ3v) is 5.06. The SMILES string of the molecule is CC(=O)Oc1ccc(C(=O)Nc2ccccc2-c2nc3ccc4ccccc4c3o2)cc1. The van der Waals surface area contributed by atoms with E-state index in [4.69, 9.17) is 9.15 Å². The van der Waals surface area contributed by atoms with Crippen LogP contribution in [0, 0.1) is 0 Å². The van der Waals surface area contributed by atoms with Gasteiger partial charge in [0.2, 0.25) is 5.89 Å². The number of benzene rings is 4. The number of oxazole rings is 1. The Bertz CT molecular complexity index is 1470. The van der Waals surface area contributed by atoms with Gasteiger partial charge in [0.1, 0.15) is 11.3 Å². The number of rotatable bonds is 4. The summed E-state index contributed by atoms with van der Waals surface area (Å²) in [6.07, 6.45) is 0. The number of ether oxygens (including phenoxy) is 1. The lowest BCUT2D eigenvalue weighted by atomic mass is 10.1. The fraction of sp³-hybridized carbons (Fsp3) is 0.0385. The van der Waals surface area contributed by atoms with Crippen LogP contribution in [-0.2, 0) is 4.79 Å². The van der Waals surface area contributed by atoms with Crippen molar-refractivity contribution in [2.45, 2.75) is 6.92 Å². The first kappa shape index (κ1) is 19.5. The minimum atomic E-state index is -0.415. The van der Waals surface area contributed by atoms with Crippen molar-refractivity contribution in [2.75, 3.05) is 5.32 Å². The molecule has 4 aromatic carbocycles. The van der Waals surface area contributed by atoms with Crippen LogP contribution in [0.25, 0.3) is 33.3 Å². The van der Waals surface area contributed by atoms with E-state index in [0.717, 1.165) is 16.3 Å². The van der Waals surface area contributed by atoms with E-state index in [-0.39, 0.29) is 5.91 Å². The van der Waals surface area contributed by atoms with Crippen LogP contribution in [0.2, 0.25) is 0 Å². The zero-order chi connectivity index (χ0) is 22.1. The second kappa shape index (κ2) is 8.00. The molecule has 5 aromatic rings. The van der Waals surface area contributed by atoms with E-state index < -0.39 is 5.97 Å². The van der Waals surface area contributed by atoms with Crippen molar-refractivity contribution >= 4 is 39.4 Å². The Morgan fingerprint density at radius 3 is 2.44 bits per heavy atom. The Morgan fingerprint density at radius 2 is 1.62 bits per heavy atom. The Hall–Kier alpha value is -4.45. The summed E-state index contributed by atoms with van der Waals surface area (Å²) in [7, 11) is 0. The number of hydrogen-bond donors (Lipinski definition) is 1. The molecule has 0 saturated heterocycles. The van der Waals surface area contributed by atoms with Crippen molar-refractivity contribution in [1.29, 1.82) is 0 Å². The van der Waals surface area contributed by atoms with Gasteiger partial charge in [0.05, 0.1) is 11.3 Å². The molecule has 1 aromatic heterocycles. The second-order valence-electron chi connectivity index (χ2n) is 7.27. The van der Waals surface area contributed by atoms with Gasteiger partial charge in [-0.2, -0.15) is 0 Å². The number of aromatic nitrogens is 1. The van der Waals surface area contributed by atoms with Crippen LogP contribution < -0.4 is 10.1 Å². The van der Waals surface area contributed by atoms with E-state index in [2.05, 4.69) is 10.3 Å². The van der Waals surface area contributed by atoms with Gasteiger partial charge < -0.3 is 14.5 Å². The van der Waals surface area contributed by atoms with E-state index in [0.29, 0.717) is 34.0 Å². The zero-order valence-electron chi connectivity index (χ0n) is 17.2. The fourth-order valence-electron chi connectivity index (χ4n) is 3.58. The molecule has 0 saturated carbocycles. The Kier molecular flexibility index (Phi) is 4.88. The molecule has 5 rings (SSSR count). The highest BCUT2D eigenvalue weighted by atomic mass is 16.5. The highest BCUT2D eigenvalue weighted by Gasteiger charge is 2.16. The predicted molar refractivity (Wildman–Crippen MR) is 123 cm³/mol. The van der Waals surface area contributed by atoms with Crippen molar-refractivity contribution in [3.05, 3.63) is 90.5 Å². The molecule has 6 heteroatoms. The first-order chi connectivity index (χ1) is 15.6. The van der Waals surface area contributed by atoms with E-state index in [1.54, 1.807) is 30.3 Å². The van der Waals surface area contributed by atoms with Crippen LogP contribution in [-0.4, -0.2) is 16.9 Å². The smallest absolute Gasteiger partial charge is 0.308 e. The molecule has 1 amide bonds. The minimum absolute atomic E-state index is 0.298. The normalized spacial score (nSPS) is 10.9. The van der Waals surface area contributed by atoms with Crippen LogP contribution in [0.15, 0.2) is 89.3 Å². The van der Waals surface area contributed by atoms with Gasteiger partial charge in [-0.05, 0) is 47.9 Å². The first-order valence-electron chi connectivity index (χ1n) is 10.1. The van der Waals surface area contributed by atoms with Crippen molar-refractivity contribution in [3.63, 3.8) is 0 Å². The lowest BCUT2D eigenvalue weighted by molar-refractivity contribution is -0.131. The van der Waals surface area contributed by atoms with Crippen molar-refractivity contribution in [3.8, 4) is 17.2 Å². The molecular weight excluding hydrogens is 404 g/mol. The lowest BCUT2D eigenvalue weighted by Gasteiger charge is -2.09. The average molecular weight is 422 g/mol. The van der Waals surface area contributed by atoms with Gasteiger partial charge in [-0.1, -0.05) is 42.5 Å². The molecule has 0 radical (unpaired) electrons. The minimum Gasteiger partial charge on any atom is -0.435 e. The van der Waals surface area contributed by atoms with Gasteiger partial charge in [-0.3, -0.25) is 9.59 Å². The maximum atomic E-state index is 12.8. The number of anilines is 1. The number of para-hydroxylation sites is 1. The van der Waals surface area contributed by atoms with Crippen LogP contribution in [0.5, 0.6) is 5.75 Å². The Labute approximate surface area is 183 Å². The highest BCUT2D eigenvalue weighted by Crippen LogP contribution is 2.33. The van der Waals surface area contributed by atoms with E-state index in [1.165, 1.54) is 6.92 Å². The molecule has 0 fully saturated rings. The monoisotopic (exact) mass is 422 g/mol. The van der Waals surface area contributed by atoms with Crippen LogP contribution >= 0.6 is 0 Å². The van der Waals surface area contributed by atoms with Gasteiger partial charge in [0, 0.05) is 17.9 Å². The number of fused-ring (bicyclic) bond motifs is 3. The molecule has 32 heavy (non-hydrogen) atoms. The number of nitrogens with one attached hydrogen (secondary N) is 1. The average Bonchev–Trinajstić information content (AvgIpc) is 3.24. The summed E-state index contributed by atoms with van der Waals surface area (Å²) in [5.74, 6) is 0.0984. The number of hydrogen-bond acceptors (Lipinski definition) is 5. The number of carbonyl (C=O) groups excluding carboxylic acids is 2. The zero-order valence-corrected chi connectivity index (χ0v) is 17.2. The van der Waals surface area contributed by atoms with E-state index in [9.17, 15) is 9.59 Å². The molecule has 1 N–H and O–H groups in total. The quantitative estimate of drug-likeness (QED) is 0.291. The summed E-state index contributed by atoms with van der Waals surface area (Å²) >= 11 is 0. The molecule has 0 aliphatic heterocycles. The van der Waals surface area contributed by atoms with Crippen LogP contribution in [0.1, 0.15) is 17.3 Å². The number of esters is 1. The molecule has 156 valence electrons. The molecule has 0 unspecified atom stereocenters. The fourth-order valence-corrected chi connectivity index (χ4v) is 3.58. The molecule has 1 heterocycles. The predicted octanol–water partition coefficient (Wildman–Crippen LogP) is 5.83. The number of amides is 1. The van der Waals surface area contributed by atoms with Crippen LogP contribution in [0.3, 0.4) is 0 Å². The van der Waals surface area contributed by atoms with E-state index >= 15 is 0 Å². The maximum absolute atomic E-state index is 12.8. The Morgan fingerprint density at radius 1 is 0.875 bits per heavy atom. The van der Waals surface area contributed by atoms with E-state index in [1.807, 2.05) is 54.6 Å². The molecule has 0 aliphatic carbocycles. The molecule has 0 atom stereocenters.